The Morgan fingerprint density at radius 1 is 1.10 bits per heavy atom. The van der Waals surface area contributed by atoms with Gasteiger partial charge in [0, 0.05) is 23.9 Å². The Kier molecular flexibility index (Phi) is 7.82. The van der Waals surface area contributed by atoms with Crippen LogP contribution in [0, 0.1) is 13.8 Å². The number of aryl methyl sites for hydroxylation is 2. The van der Waals surface area contributed by atoms with Crippen molar-refractivity contribution in [3.63, 3.8) is 0 Å². The molecule has 0 fully saturated rings. The van der Waals surface area contributed by atoms with Gasteiger partial charge in [0.2, 0.25) is 5.91 Å². The molecule has 1 N–H and O–H groups in total. The van der Waals surface area contributed by atoms with E-state index in [1.807, 2.05) is 38.1 Å². The summed E-state index contributed by atoms with van der Waals surface area (Å²) in [7, 11) is 0. The zero-order valence-electron chi connectivity index (χ0n) is 17.1. The molecule has 0 aliphatic rings. The fourth-order valence-corrected chi connectivity index (χ4v) is 3.68. The van der Waals surface area contributed by atoms with E-state index in [1.54, 1.807) is 11.3 Å². The second-order valence-electron chi connectivity index (χ2n) is 7.17. The number of amides is 1. The Bertz CT molecular complexity index is 919. The first-order chi connectivity index (χ1) is 14.1. The van der Waals surface area contributed by atoms with Gasteiger partial charge in [0.15, 0.2) is 0 Å². The smallest absolute Gasteiger partial charge is 0.220 e. The molecular weight excluding hydrogens is 380 g/mol. The van der Waals surface area contributed by atoms with E-state index in [2.05, 4.69) is 39.9 Å². The Hall–Kier alpha value is -2.66. The molecule has 0 aliphatic heterocycles. The summed E-state index contributed by atoms with van der Waals surface area (Å²) in [6.45, 7) is 5.37. The van der Waals surface area contributed by atoms with Crippen LogP contribution < -0.4 is 10.1 Å². The van der Waals surface area contributed by atoms with Crippen LogP contribution in [0.4, 0.5) is 0 Å². The molecule has 4 nitrogen and oxygen atoms in total. The monoisotopic (exact) mass is 408 g/mol. The van der Waals surface area contributed by atoms with Crippen molar-refractivity contribution >= 4 is 17.2 Å². The van der Waals surface area contributed by atoms with Crippen LogP contribution >= 0.6 is 11.3 Å². The van der Waals surface area contributed by atoms with E-state index in [9.17, 15) is 4.79 Å². The van der Waals surface area contributed by atoms with Crippen LogP contribution in [-0.2, 0) is 11.2 Å². The Labute approximate surface area is 177 Å². The van der Waals surface area contributed by atoms with Crippen LogP contribution in [0.3, 0.4) is 0 Å². The van der Waals surface area contributed by atoms with Gasteiger partial charge < -0.3 is 10.1 Å². The molecular formula is C24H28N2O2S. The SMILES string of the molecule is Cc1cccc(OCCCCC(=O)NCCc2ccc(-c3csc(C)n3)cc2)c1. The molecule has 5 heteroatoms. The van der Waals surface area contributed by atoms with Crippen LogP contribution in [0.15, 0.2) is 53.9 Å². The molecule has 152 valence electrons. The van der Waals surface area contributed by atoms with E-state index < -0.39 is 0 Å². The number of nitrogens with one attached hydrogen (secondary N) is 1. The zero-order valence-corrected chi connectivity index (χ0v) is 17.9. The van der Waals surface area contributed by atoms with E-state index >= 15 is 0 Å². The standard InChI is InChI=1S/C24H28N2O2S/c1-18-6-5-7-22(16-18)28-15-4-3-8-24(27)25-14-13-20-9-11-21(12-10-20)23-17-29-19(2)26-23/h5-7,9-12,16-17H,3-4,8,13-15H2,1-2H3,(H,25,27). The molecule has 0 bridgehead atoms. The Morgan fingerprint density at radius 3 is 2.66 bits per heavy atom. The minimum atomic E-state index is 0.107. The highest BCUT2D eigenvalue weighted by atomic mass is 32.1. The number of ether oxygens (including phenoxy) is 1. The predicted molar refractivity (Wildman–Crippen MR) is 120 cm³/mol. The zero-order chi connectivity index (χ0) is 20.5. The summed E-state index contributed by atoms with van der Waals surface area (Å²) in [6, 6.07) is 16.4. The van der Waals surface area contributed by atoms with Gasteiger partial charge in [0.25, 0.3) is 0 Å². The molecule has 0 radical (unpaired) electrons. The van der Waals surface area contributed by atoms with Crippen molar-refractivity contribution in [1.29, 1.82) is 0 Å². The third-order valence-electron chi connectivity index (χ3n) is 4.66. The van der Waals surface area contributed by atoms with Gasteiger partial charge in [-0.3, -0.25) is 4.79 Å². The van der Waals surface area contributed by atoms with Gasteiger partial charge in [-0.1, -0.05) is 36.4 Å². The predicted octanol–water partition coefficient (Wildman–Crippen LogP) is 5.33. The number of rotatable bonds is 10. The molecule has 2 aromatic carbocycles. The summed E-state index contributed by atoms with van der Waals surface area (Å²) in [5.41, 5.74) is 4.57. The number of carbonyl (C=O) groups excluding carboxylic acids is 1. The first-order valence-electron chi connectivity index (χ1n) is 10.1. The molecule has 0 aliphatic carbocycles. The van der Waals surface area contributed by atoms with E-state index in [4.69, 9.17) is 4.74 Å². The van der Waals surface area contributed by atoms with Crippen molar-refractivity contribution in [3.05, 3.63) is 70.0 Å². The average Bonchev–Trinajstić information content (AvgIpc) is 3.15. The summed E-state index contributed by atoms with van der Waals surface area (Å²) in [6.07, 6.45) is 3.08. The molecule has 0 spiro atoms. The van der Waals surface area contributed by atoms with Gasteiger partial charge in [-0.2, -0.15) is 0 Å². The third-order valence-corrected chi connectivity index (χ3v) is 5.43. The van der Waals surface area contributed by atoms with Gasteiger partial charge in [-0.15, -0.1) is 11.3 Å². The number of unbranched alkanes of at least 4 members (excludes halogenated alkanes) is 1. The van der Waals surface area contributed by atoms with Crippen molar-refractivity contribution in [3.8, 4) is 17.0 Å². The van der Waals surface area contributed by atoms with E-state index in [-0.39, 0.29) is 5.91 Å². The highest BCUT2D eigenvalue weighted by Crippen LogP contribution is 2.21. The summed E-state index contributed by atoms with van der Waals surface area (Å²) in [4.78, 5) is 16.5. The van der Waals surface area contributed by atoms with Gasteiger partial charge in [0.1, 0.15) is 5.75 Å². The second-order valence-corrected chi connectivity index (χ2v) is 8.23. The molecule has 1 heterocycles. The quantitative estimate of drug-likeness (QED) is 0.461. The lowest BCUT2D eigenvalue weighted by Crippen LogP contribution is -2.25. The lowest BCUT2D eigenvalue weighted by atomic mass is 10.1. The minimum absolute atomic E-state index is 0.107. The van der Waals surface area contributed by atoms with E-state index in [0.717, 1.165) is 41.3 Å². The molecule has 3 rings (SSSR count). The van der Waals surface area contributed by atoms with E-state index in [1.165, 1.54) is 11.1 Å². The van der Waals surface area contributed by atoms with Crippen LogP contribution in [0.25, 0.3) is 11.3 Å². The number of hydrogen-bond donors (Lipinski definition) is 1. The summed E-state index contributed by atoms with van der Waals surface area (Å²) in [5, 5.41) is 6.16. The number of aromatic nitrogens is 1. The van der Waals surface area contributed by atoms with Crippen LogP contribution in [-0.4, -0.2) is 24.0 Å². The lowest BCUT2D eigenvalue weighted by Gasteiger charge is -2.08. The molecule has 0 atom stereocenters. The average molecular weight is 409 g/mol. The molecule has 0 saturated carbocycles. The molecule has 3 aromatic rings. The summed E-state index contributed by atoms with van der Waals surface area (Å²) in [5.74, 6) is 1.00. The molecule has 1 amide bonds. The number of carbonyl (C=O) groups is 1. The maximum atomic E-state index is 12.0. The molecule has 0 unspecified atom stereocenters. The summed E-state index contributed by atoms with van der Waals surface area (Å²) >= 11 is 1.66. The van der Waals surface area contributed by atoms with Crippen molar-refractivity contribution in [2.24, 2.45) is 0 Å². The van der Waals surface area contributed by atoms with Crippen molar-refractivity contribution in [1.82, 2.24) is 10.3 Å². The van der Waals surface area contributed by atoms with Crippen LogP contribution in [0.5, 0.6) is 5.75 Å². The Morgan fingerprint density at radius 2 is 1.93 bits per heavy atom. The maximum absolute atomic E-state index is 12.0. The lowest BCUT2D eigenvalue weighted by molar-refractivity contribution is -0.121. The number of benzene rings is 2. The number of thiazole rings is 1. The highest BCUT2D eigenvalue weighted by Gasteiger charge is 2.04. The fraction of sp³-hybridized carbons (Fsp3) is 0.333. The number of nitrogens with zero attached hydrogens (tertiary/aromatic N) is 1. The maximum Gasteiger partial charge on any atom is 0.220 e. The molecule has 0 saturated heterocycles. The van der Waals surface area contributed by atoms with Gasteiger partial charge >= 0.3 is 0 Å². The van der Waals surface area contributed by atoms with Crippen molar-refractivity contribution < 1.29 is 9.53 Å². The summed E-state index contributed by atoms with van der Waals surface area (Å²) < 4.78 is 5.71. The molecule has 29 heavy (non-hydrogen) atoms. The third kappa shape index (κ3) is 7.02. The van der Waals surface area contributed by atoms with Gasteiger partial charge in [0.05, 0.1) is 17.3 Å². The normalized spacial score (nSPS) is 10.7. The first kappa shape index (κ1) is 21.1. The first-order valence-corrected chi connectivity index (χ1v) is 11.0. The topological polar surface area (TPSA) is 51.2 Å². The second kappa shape index (κ2) is 10.8. The van der Waals surface area contributed by atoms with Gasteiger partial charge in [-0.25, -0.2) is 4.98 Å². The van der Waals surface area contributed by atoms with Crippen LogP contribution in [0.1, 0.15) is 35.4 Å². The van der Waals surface area contributed by atoms with Crippen molar-refractivity contribution in [2.75, 3.05) is 13.2 Å². The largest absolute Gasteiger partial charge is 0.494 e. The Balaban J connectivity index is 1.28. The highest BCUT2D eigenvalue weighted by molar-refractivity contribution is 7.09. The minimum Gasteiger partial charge on any atom is -0.494 e. The van der Waals surface area contributed by atoms with Crippen molar-refractivity contribution in [2.45, 2.75) is 39.5 Å². The van der Waals surface area contributed by atoms with Crippen LogP contribution in [0.2, 0.25) is 0 Å². The van der Waals surface area contributed by atoms with E-state index in [0.29, 0.717) is 19.6 Å². The fourth-order valence-electron chi connectivity index (χ4n) is 3.06. The number of hydrogen-bond acceptors (Lipinski definition) is 4. The van der Waals surface area contributed by atoms with Gasteiger partial charge in [-0.05, 0) is 56.4 Å². The molecule has 1 aromatic heterocycles.